The molecule has 1 heterocycles. The molecule has 0 radical (unpaired) electrons. The summed E-state index contributed by atoms with van der Waals surface area (Å²) < 4.78 is 0. The van der Waals surface area contributed by atoms with Crippen LogP contribution in [0, 0.1) is 5.92 Å². The lowest BCUT2D eigenvalue weighted by molar-refractivity contribution is 0.0860. The van der Waals surface area contributed by atoms with Crippen LogP contribution in [0.1, 0.15) is 64.2 Å². The number of likely N-dealkylation sites (tertiary alicyclic amines) is 1. The predicted molar refractivity (Wildman–Crippen MR) is 89.4 cm³/mol. The Morgan fingerprint density at radius 2 is 1.86 bits per heavy atom. The van der Waals surface area contributed by atoms with Crippen LogP contribution in [0.4, 0.5) is 0 Å². The maximum absolute atomic E-state index is 10.5. The van der Waals surface area contributed by atoms with Gasteiger partial charge >= 0.3 is 0 Å². The van der Waals surface area contributed by atoms with Gasteiger partial charge in [-0.1, -0.05) is 45.0 Å². The third-order valence-electron chi connectivity index (χ3n) is 4.82. The van der Waals surface area contributed by atoms with Crippen molar-refractivity contribution in [2.75, 3.05) is 6.54 Å². The van der Waals surface area contributed by atoms with Gasteiger partial charge in [0.05, 0.1) is 6.10 Å². The van der Waals surface area contributed by atoms with Gasteiger partial charge in [0.25, 0.3) is 0 Å². The monoisotopic (exact) mass is 289 g/mol. The van der Waals surface area contributed by atoms with Gasteiger partial charge in [0.2, 0.25) is 0 Å². The highest BCUT2D eigenvalue weighted by Crippen LogP contribution is 2.28. The number of aliphatic hydroxyl groups excluding tert-OH is 1. The molecule has 1 aliphatic rings. The maximum atomic E-state index is 10.5. The fraction of sp³-hybridized carbons (Fsp3) is 0.684. The molecule has 1 aromatic rings. The Morgan fingerprint density at radius 3 is 2.43 bits per heavy atom. The molecule has 1 aliphatic heterocycles. The SMILES string of the molecule is CCC1CCC(C)N1CC(O)c1ccc(CC(C)C)cc1. The second-order valence-corrected chi connectivity index (χ2v) is 7.04. The fourth-order valence-electron chi connectivity index (χ4n) is 3.55. The van der Waals surface area contributed by atoms with Crippen molar-refractivity contribution in [2.45, 2.75) is 71.6 Å². The molecule has 0 bridgehead atoms. The molecule has 1 N–H and O–H groups in total. The average molecular weight is 289 g/mol. The van der Waals surface area contributed by atoms with Gasteiger partial charge in [-0.15, -0.1) is 0 Å². The van der Waals surface area contributed by atoms with Crippen molar-refractivity contribution in [1.29, 1.82) is 0 Å². The van der Waals surface area contributed by atoms with Crippen molar-refractivity contribution < 1.29 is 5.11 Å². The van der Waals surface area contributed by atoms with E-state index in [9.17, 15) is 5.11 Å². The number of β-amino-alcohol motifs (C(OH)–C–C–N with tert-alkyl or cyclic N) is 1. The molecule has 3 atom stereocenters. The van der Waals surface area contributed by atoms with Crippen LogP contribution in [-0.2, 0) is 6.42 Å². The first-order valence-corrected chi connectivity index (χ1v) is 8.53. The van der Waals surface area contributed by atoms with Gasteiger partial charge in [-0.05, 0) is 49.7 Å². The van der Waals surface area contributed by atoms with E-state index < -0.39 is 0 Å². The minimum Gasteiger partial charge on any atom is -0.387 e. The first kappa shape index (κ1) is 16.5. The smallest absolute Gasteiger partial charge is 0.0917 e. The molecule has 21 heavy (non-hydrogen) atoms. The van der Waals surface area contributed by atoms with E-state index in [4.69, 9.17) is 0 Å². The average Bonchev–Trinajstić information content (AvgIpc) is 2.79. The molecule has 1 fully saturated rings. The number of nitrogens with zero attached hydrogens (tertiary/aromatic N) is 1. The molecular formula is C19H31NO. The first-order chi connectivity index (χ1) is 10.0. The van der Waals surface area contributed by atoms with Crippen LogP contribution >= 0.6 is 0 Å². The van der Waals surface area contributed by atoms with Gasteiger partial charge in [-0.25, -0.2) is 0 Å². The van der Waals surface area contributed by atoms with Crippen molar-refractivity contribution in [2.24, 2.45) is 5.92 Å². The Labute approximate surface area is 130 Å². The summed E-state index contributed by atoms with van der Waals surface area (Å²) in [7, 11) is 0. The zero-order valence-corrected chi connectivity index (χ0v) is 14.0. The van der Waals surface area contributed by atoms with E-state index in [0.29, 0.717) is 18.0 Å². The van der Waals surface area contributed by atoms with Gasteiger partial charge in [-0.3, -0.25) is 4.90 Å². The van der Waals surface area contributed by atoms with Crippen LogP contribution < -0.4 is 0 Å². The highest BCUT2D eigenvalue weighted by molar-refractivity contribution is 5.24. The number of hydrogen-bond donors (Lipinski definition) is 1. The highest BCUT2D eigenvalue weighted by Gasteiger charge is 2.30. The third kappa shape index (κ3) is 4.31. The summed E-state index contributed by atoms with van der Waals surface area (Å²) in [5.41, 5.74) is 2.42. The summed E-state index contributed by atoms with van der Waals surface area (Å²) in [6.45, 7) is 9.78. The molecule has 2 rings (SSSR count). The van der Waals surface area contributed by atoms with Gasteiger partial charge in [0.15, 0.2) is 0 Å². The Kier molecular flexibility index (Phi) is 5.83. The molecule has 0 aliphatic carbocycles. The van der Waals surface area contributed by atoms with Crippen LogP contribution in [0.15, 0.2) is 24.3 Å². The molecule has 2 nitrogen and oxygen atoms in total. The summed E-state index contributed by atoms with van der Waals surface area (Å²) in [4.78, 5) is 2.49. The molecule has 0 amide bonds. The Morgan fingerprint density at radius 1 is 1.19 bits per heavy atom. The highest BCUT2D eigenvalue weighted by atomic mass is 16.3. The lowest BCUT2D eigenvalue weighted by atomic mass is 10.00. The lowest BCUT2D eigenvalue weighted by Crippen LogP contribution is -2.37. The molecule has 1 saturated heterocycles. The van der Waals surface area contributed by atoms with E-state index in [-0.39, 0.29) is 6.10 Å². The van der Waals surface area contributed by atoms with E-state index in [1.807, 2.05) is 0 Å². The molecule has 0 aromatic heterocycles. The summed E-state index contributed by atoms with van der Waals surface area (Å²) >= 11 is 0. The number of hydrogen-bond acceptors (Lipinski definition) is 2. The van der Waals surface area contributed by atoms with Crippen molar-refractivity contribution in [3.8, 4) is 0 Å². The second-order valence-electron chi connectivity index (χ2n) is 7.04. The van der Waals surface area contributed by atoms with E-state index in [1.54, 1.807) is 0 Å². The van der Waals surface area contributed by atoms with Crippen LogP contribution in [-0.4, -0.2) is 28.6 Å². The van der Waals surface area contributed by atoms with E-state index >= 15 is 0 Å². The molecule has 1 aromatic carbocycles. The number of aliphatic hydroxyl groups is 1. The Bertz CT molecular complexity index is 426. The predicted octanol–water partition coefficient (Wildman–Crippen LogP) is 4.18. The van der Waals surface area contributed by atoms with Crippen LogP contribution in [0.2, 0.25) is 0 Å². The van der Waals surface area contributed by atoms with Gasteiger partial charge in [0, 0.05) is 18.6 Å². The van der Waals surface area contributed by atoms with Gasteiger partial charge in [-0.2, -0.15) is 0 Å². The zero-order chi connectivity index (χ0) is 15.4. The minimum atomic E-state index is -0.368. The standard InChI is InChI=1S/C19H31NO/c1-5-18-11-6-15(4)20(18)13-19(21)17-9-7-16(8-10-17)12-14(2)3/h7-10,14-15,18-19,21H,5-6,11-13H2,1-4H3. The van der Waals surface area contributed by atoms with Crippen molar-refractivity contribution in [1.82, 2.24) is 4.90 Å². The second kappa shape index (κ2) is 7.42. The first-order valence-electron chi connectivity index (χ1n) is 8.53. The minimum absolute atomic E-state index is 0.368. The normalized spacial score (nSPS) is 24.7. The van der Waals surface area contributed by atoms with E-state index in [1.165, 1.54) is 24.8 Å². The van der Waals surface area contributed by atoms with Crippen LogP contribution in [0.5, 0.6) is 0 Å². The maximum Gasteiger partial charge on any atom is 0.0917 e. The quantitative estimate of drug-likeness (QED) is 0.849. The summed E-state index contributed by atoms with van der Waals surface area (Å²) in [6.07, 6.45) is 4.46. The molecule has 118 valence electrons. The van der Waals surface area contributed by atoms with E-state index in [2.05, 4.69) is 56.9 Å². The Hall–Kier alpha value is -0.860. The zero-order valence-electron chi connectivity index (χ0n) is 14.0. The summed E-state index contributed by atoms with van der Waals surface area (Å²) in [6, 6.07) is 9.79. The van der Waals surface area contributed by atoms with Crippen LogP contribution in [0.25, 0.3) is 0 Å². The molecular weight excluding hydrogens is 258 g/mol. The van der Waals surface area contributed by atoms with Crippen LogP contribution in [0.3, 0.4) is 0 Å². The lowest BCUT2D eigenvalue weighted by Gasteiger charge is -2.30. The van der Waals surface area contributed by atoms with E-state index in [0.717, 1.165) is 18.5 Å². The van der Waals surface area contributed by atoms with Crippen molar-refractivity contribution in [3.63, 3.8) is 0 Å². The van der Waals surface area contributed by atoms with Gasteiger partial charge < -0.3 is 5.11 Å². The summed E-state index contributed by atoms with van der Waals surface area (Å²) in [5, 5.41) is 10.5. The number of rotatable bonds is 6. The Balaban J connectivity index is 1.98. The fourth-order valence-corrected chi connectivity index (χ4v) is 3.55. The van der Waals surface area contributed by atoms with Crippen molar-refractivity contribution >= 4 is 0 Å². The molecule has 3 unspecified atom stereocenters. The topological polar surface area (TPSA) is 23.5 Å². The van der Waals surface area contributed by atoms with Crippen molar-refractivity contribution in [3.05, 3.63) is 35.4 Å². The molecule has 0 saturated carbocycles. The summed E-state index contributed by atoms with van der Waals surface area (Å²) in [5.74, 6) is 0.677. The molecule has 2 heteroatoms. The molecule has 0 spiro atoms. The van der Waals surface area contributed by atoms with Gasteiger partial charge in [0.1, 0.15) is 0 Å². The largest absolute Gasteiger partial charge is 0.387 e. The number of benzene rings is 1. The third-order valence-corrected chi connectivity index (χ3v) is 4.82.